The van der Waals surface area contributed by atoms with Crippen molar-refractivity contribution in [2.45, 2.75) is 13.3 Å². The van der Waals surface area contributed by atoms with Crippen molar-refractivity contribution in [3.63, 3.8) is 0 Å². The van der Waals surface area contributed by atoms with E-state index in [9.17, 15) is 4.79 Å². The average Bonchev–Trinajstić information content (AvgIpc) is 3.08. The highest BCUT2D eigenvalue weighted by molar-refractivity contribution is 7.71. The molecule has 1 aliphatic rings. The Kier molecular flexibility index (Phi) is 4.07. The maximum Gasteiger partial charge on any atom is 0.266 e. The van der Waals surface area contributed by atoms with Gasteiger partial charge >= 0.3 is 0 Å². The molecule has 1 unspecified atom stereocenters. The van der Waals surface area contributed by atoms with Crippen LogP contribution in [0.15, 0.2) is 22.6 Å². The van der Waals surface area contributed by atoms with E-state index in [0.29, 0.717) is 21.9 Å². The van der Waals surface area contributed by atoms with Gasteiger partial charge in [0.15, 0.2) is 5.58 Å². The number of aromatic amines is 1. The summed E-state index contributed by atoms with van der Waals surface area (Å²) in [4.78, 5) is 17.7. The first kappa shape index (κ1) is 14.3. The van der Waals surface area contributed by atoms with Gasteiger partial charge in [0, 0.05) is 31.2 Å². The second kappa shape index (κ2) is 5.99. The summed E-state index contributed by atoms with van der Waals surface area (Å²) in [6.07, 6.45) is 1.00. The third-order valence-electron chi connectivity index (χ3n) is 3.80. The van der Waals surface area contributed by atoms with Crippen LogP contribution in [0.25, 0.3) is 11.1 Å². The quantitative estimate of drug-likeness (QED) is 0.882. The second-order valence-corrected chi connectivity index (χ2v) is 5.66. The lowest BCUT2D eigenvalue weighted by molar-refractivity contribution is 0.0763. The van der Waals surface area contributed by atoms with Crippen LogP contribution in [0, 0.1) is 10.8 Å². The molecular weight excluding hydrogens is 288 g/mol. The van der Waals surface area contributed by atoms with Gasteiger partial charge < -0.3 is 19.0 Å². The number of H-pyrrole nitrogens is 1. The first-order chi connectivity index (χ1) is 10.2. The summed E-state index contributed by atoms with van der Waals surface area (Å²) < 4.78 is 10.8. The Bertz CT molecular complexity index is 706. The summed E-state index contributed by atoms with van der Waals surface area (Å²) in [6.45, 7) is 4.99. The van der Waals surface area contributed by atoms with Crippen LogP contribution in [0.5, 0.6) is 0 Å². The zero-order chi connectivity index (χ0) is 14.8. The molecule has 0 radical (unpaired) electrons. The third-order valence-corrected chi connectivity index (χ3v) is 3.98. The molecule has 0 saturated carbocycles. The van der Waals surface area contributed by atoms with Gasteiger partial charge in [0.05, 0.1) is 12.1 Å². The lowest BCUT2D eigenvalue weighted by atomic mass is 10.1. The first-order valence-electron chi connectivity index (χ1n) is 7.17. The molecule has 0 spiro atoms. The molecule has 1 aromatic heterocycles. The molecule has 1 fully saturated rings. The van der Waals surface area contributed by atoms with Gasteiger partial charge in [0.25, 0.3) is 10.7 Å². The van der Waals surface area contributed by atoms with Crippen LogP contribution in [-0.4, -0.2) is 42.1 Å². The topological polar surface area (TPSA) is 58.5 Å². The maximum atomic E-state index is 12.5. The molecule has 1 amide bonds. The zero-order valence-corrected chi connectivity index (χ0v) is 12.7. The molecule has 21 heavy (non-hydrogen) atoms. The van der Waals surface area contributed by atoms with E-state index in [1.54, 1.807) is 18.2 Å². The van der Waals surface area contributed by atoms with Gasteiger partial charge in [-0.2, -0.15) is 0 Å². The normalized spacial score (nSPS) is 18.5. The molecule has 112 valence electrons. The molecule has 5 nitrogen and oxygen atoms in total. The van der Waals surface area contributed by atoms with E-state index in [2.05, 4.69) is 4.98 Å². The van der Waals surface area contributed by atoms with E-state index in [1.807, 2.05) is 11.8 Å². The molecule has 1 aliphatic heterocycles. The number of fused-ring (bicyclic) bond motifs is 1. The Hall–Kier alpha value is -1.66. The summed E-state index contributed by atoms with van der Waals surface area (Å²) in [5.41, 5.74) is 2.09. The minimum atomic E-state index is 0.0522. The van der Waals surface area contributed by atoms with Crippen LogP contribution in [0.2, 0.25) is 0 Å². The number of aromatic nitrogens is 1. The van der Waals surface area contributed by atoms with Crippen molar-refractivity contribution >= 4 is 29.2 Å². The fourth-order valence-electron chi connectivity index (χ4n) is 2.71. The fraction of sp³-hybridized carbons (Fsp3) is 0.467. The van der Waals surface area contributed by atoms with Crippen molar-refractivity contribution in [2.75, 3.05) is 26.3 Å². The highest BCUT2D eigenvalue weighted by atomic mass is 32.1. The minimum absolute atomic E-state index is 0.0522. The van der Waals surface area contributed by atoms with Crippen molar-refractivity contribution in [1.29, 1.82) is 0 Å². The predicted molar refractivity (Wildman–Crippen MR) is 81.9 cm³/mol. The van der Waals surface area contributed by atoms with Gasteiger partial charge in [0.2, 0.25) is 0 Å². The third kappa shape index (κ3) is 3.01. The number of nitrogens with one attached hydrogen (secondary N) is 1. The summed E-state index contributed by atoms with van der Waals surface area (Å²) in [5, 5.41) is 0. The van der Waals surface area contributed by atoms with Crippen molar-refractivity contribution in [1.82, 2.24) is 9.88 Å². The van der Waals surface area contributed by atoms with Crippen molar-refractivity contribution in [3.05, 3.63) is 28.6 Å². The minimum Gasteiger partial charge on any atom is -0.429 e. The first-order valence-corrected chi connectivity index (χ1v) is 7.58. The molecule has 2 aromatic rings. The van der Waals surface area contributed by atoms with Gasteiger partial charge in [-0.25, -0.2) is 0 Å². The Morgan fingerprint density at radius 1 is 1.57 bits per heavy atom. The molecule has 6 heteroatoms. The summed E-state index contributed by atoms with van der Waals surface area (Å²) in [6, 6.07) is 5.36. The number of carbonyl (C=O) groups excluding carboxylic acids is 1. The van der Waals surface area contributed by atoms with Crippen LogP contribution >= 0.6 is 12.2 Å². The van der Waals surface area contributed by atoms with Gasteiger partial charge in [-0.3, -0.25) is 4.79 Å². The zero-order valence-electron chi connectivity index (χ0n) is 11.9. The standard InChI is InChI=1S/C15H18N2O3S/c1-2-19-9-10-5-6-17(8-10)14(18)11-3-4-13-12(7-11)16-15(21)20-13/h3-4,7,10H,2,5-6,8-9H2,1H3,(H,16,21). The summed E-state index contributed by atoms with van der Waals surface area (Å²) in [7, 11) is 0. The highest BCUT2D eigenvalue weighted by Gasteiger charge is 2.27. The predicted octanol–water partition coefficient (Wildman–Crippen LogP) is 2.99. The number of hydrogen-bond donors (Lipinski definition) is 1. The number of ether oxygens (including phenoxy) is 1. The van der Waals surface area contributed by atoms with Gasteiger partial charge in [-0.1, -0.05) is 0 Å². The van der Waals surface area contributed by atoms with Crippen LogP contribution in [-0.2, 0) is 4.74 Å². The van der Waals surface area contributed by atoms with E-state index in [-0.39, 0.29) is 5.91 Å². The van der Waals surface area contributed by atoms with Gasteiger partial charge in [-0.05, 0) is 43.8 Å². The SMILES string of the molecule is CCOCC1CCN(C(=O)c2ccc3oc(=S)[nH]c3c2)C1. The van der Waals surface area contributed by atoms with E-state index in [4.69, 9.17) is 21.4 Å². The number of benzene rings is 1. The maximum absolute atomic E-state index is 12.5. The summed E-state index contributed by atoms with van der Waals surface area (Å²) in [5.74, 6) is 0.494. The van der Waals surface area contributed by atoms with Crippen LogP contribution < -0.4 is 0 Å². The lowest BCUT2D eigenvalue weighted by Crippen LogP contribution is -2.29. The van der Waals surface area contributed by atoms with Crippen molar-refractivity contribution in [3.8, 4) is 0 Å². The Balaban J connectivity index is 1.73. The van der Waals surface area contributed by atoms with Gasteiger partial charge in [0.1, 0.15) is 0 Å². The van der Waals surface area contributed by atoms with Crippen LogP contribution in [0.3, 0.4) is 0 Å². The molecule has 0 aliphatic carbocycles. The Labute approximate surface area is 127 Å². The number of amides is 1. The lowest BCUT2D eigenvalue weighted by Gasteiger charge is -2.16. The molecule has 2 heterocycles. The molecule has 1 atom stereocenters. The van der Waals surface area contributed by atoms with E-state index in [1.165, 1.54) is 0 Å². The van der Waals surface area contributed by atoms with Crippen LogP contribution in [0.4, 0.5) is 0 Å². The van der Waals surface area contributed by atoms with Crippen LogP contribution in [0.1, 0.15) is 23.7 Å². The number of rotatable bonds is 4. The Morgan fingerprint density at radius 3 is 3.24 bits per heavy atom. The van der Waals surface area contributed by atoms with Crippen molar-refractivity contribution in [2.24, 2.45) is 5.92 Å². The van der Waals surface area contributed by atoms with Crippen molar-refractivity contribution < 1.29 is 13.9 Å². The molecule has 1 saturated heterocycles. The average molecular weight is 306 g/mol. The number of nitrogens with zero attached hydrogens (tertiary/aromatic N) is 1. The molecule has 1 N–H and O–H groups in total. The van der Waals surface area contributed by atoms with Gasteiger partial charge in [-0.15, -0.1) is 0 Å². The number of oxazole rings is 1. The second-order valence-electron chi connectivity index (χ2n) is 5.29. The van der Waals surface area contributed by atoms with E-state index < -0.39 is 0 Å². The Morgan fingerprint density at radius 2 is 2.43 bits per heavy atom. The monoisotopic (exact) mass is 306 g/mol. The number of carbonyl (C=O) groups is 1. The molecule has 1 aromatic carbocycles. The number of likely N-dealkylation sites (tertiary alicyclic amines) is 1. The highest BCUT2D eigenvalue weighted by Crippen LogP contribution is 2.21. The number of hydrogen-bond acceptors (Lipinski definition) is 4. The molecule has 0 bridgehead atoms. The smallest absolute Gasteiger partial charge is 0.266 e. The largest absolute Gasteiger partial charge is 0.429 e. The molecule has 3 rings (SSSR count). The summed E-state index contributed by atoms with van der Waals surface area (Å²) >= 11 is 4.95. The van der Waals surface area contributed by atoms with E-state index >= 15 is 0 Å². The fourth-order valence-corrected chi connectivity index (χ4v) is 2.91. The molecular formula is C15H18N2O3S. The van der Waals surface area contributed by atoms with E-state index in [0.717, 1.165) is 38.2 Å².